The van der Waals surface area contributed by atoms with Crippen molar-refractivity contribution < 1.29 is 14.8 Å². The molecule has 0 unspecified atom stereocenters. The van der Waals surface area contributed by atoms with E-state index in [9.17, 15) is 24.8 Å². The molecule has 3 aromatic rings. The molecule has 0 amide bonds. The van der Waals surface area contributed by atoms with Crippen molar-refractivity contribution in [1.29, 1.82) is 5.26 Å². The molecule has 134 valence electrons. The van der Waals surface area contributed by atoms with Crippen LogP contribution in [-0.2, 0) is 13.0 Å². The summed E-state index contributed by atoms with van der Waals surface area (Å²) in [7, 11) is 0. The van der Waals surface area contributed by atoms with E-state index in [0.29, 0.717) is 17.5 Å². The molecule has 0 bridgehead atoms. The second-order valence-electron chi connectivity index (χ2n) is 5.85. The Morgan fingerprint density at radius 2 is 1.93 bits per heavy atom. The quantitative estimate of drug-likeness (QED) is 0.548. The lowest BCUT2D eigenvalue weighted by Gasteiger charge is -2.12. The molecule has 0 saturated heterocycles. The molecule has 0 aliphatic heterocycles. The number of nitro benzene ring substituents is 1. The van der Waals surface area contributed by atoms with Gasteiger partial charge in [-0.25, -0.2) is 4.79 Å². The van der Waals surface area contributed by atoms with E-state index in [1.807, 2.05) is 6.07 Å². The Hall–Kier alpha value is -3.99. The number of pyridine rings is 1. The molecule has 3 rings (SSSR count). The maximum Gasteiger partial charge on any atom is 0.341 e. The number of hydrogen-bond donors (Lipinski definition) is 1. The third-order valence-electron chi connectivity index (χ3n) is 4.25. The van der Waals surface area contributed by atoms with E-state index in [2.05, 4.69) is 0 Å². The Bertz CT molecular complexity index is 1160. The van der Waals surface area contributed by atoms with Gasteiger partial charge in [0.05, 0.1) is 27.5 Å². The van der Waals surface area contributed by atoms with Gasteiger partial charge in [0.25, 0.3) is 11.2 Å². The molecule has 1 N–H and O–H groups in total. The summed E-state index contributed by atoms with van der Waals surface area (Å²) in [6.45, 7) is 0.142. The predicted octanol–water partition coefficient (Wildman–Crippen LogP) is 2.72. The molecular weight excluding hydrogens is 350 g/mol. The van der Waals surface area contributed by atoms with Crippen LogP contribution < -0.4 is 5.56 Å². The van der Waals surface area contributed by atoms with E-state index in [4.69, 9.17) is 5.26 Å². The van der Waals surface area contributed by atoms with Gasteiger partial charge in [-0.05, 0) is 36.2 Å². The first-order valence-electron chi connectivity index (χ1n) is 7.95. The Labute approximate surface area is 152 Å². The molecule has 27 heavy (non-hydrogen) atoms. The minimum atomic E-state index is -1.44. The molecule has 0 saturated carbocycles. The number of carbonyl (C=O) groups is 1. The Morgan fingerprint density at radius 1 is 1.22 bits per heavy atom. The van der Waals surface area contributed by atoms with E-state index in [1.165, 1.54) is 16.7 Å². The van der Waals surface area contributed by atoms with Crippen LogP contribution >= 0.6 is 0 Å². The standard InChI is InChI=1S/C19H13N3O5/c20-11-13-6-4-12(5-7-13)8-9-21-16-2-1-3-17(22(26)27)14(16)10-15(18(21)23)19(24)25/h1-7,10H,8-9H2,(H,24,25). The van der Waals surface area contributed by atoms with Gasteiger partial charge in [-0.3, -0.25) is 14.9 Å². The van der Waals surface area contributed by atoms with Gasteiger partial charge in [0.15, 0.2) is 0 Å². The van der Waals surface area contributed by atoms with Crippen LogP contribution in [0, 0.1) is 21.4 Å². The predicted molar refractivity (Wildman–Crippen MR) is 96.7 cm³/mol. The number of aromatic nitrogens is 1. The number of fused-ring (bicyclic) bond motifs is 1. The number of carboxylic acid groups (broad SMARTS) is 1. The van der Waals surface area contributed by atoms with E-state index in [0.717, 1.165) is 11.6 Å². The minimum Gasteiger partial charge on any atom is -0.477 e. The van der Waals surface area contributed by atoms with Crippen molar-refractivity contribution in [3.05, 3.63) is 85.7 Å². The van der Waals surface area contributed by atoms with Gasteiger partial charge < -0.3 is 9.67 Å². The average Bonchev–Trinajstić information content (AvgIpc) is 2.66. The first kappa shape index (κ1) is 17.8. The van der Waals surface area contributed by atoms with Gasteiger partial charge in [-0.1, -0.05) is 18.2 Å². The van der Waals surface area contributed by atoms with Crippen molar-refractivity contribution in [2.75, 3.05) is 0 Å². The first-order chi connectivity index (χ1) is 12.9. The fourth-order valence-corrected chi connectivity index (χ4v) is 2.91. The number of nitro groups is 1. The zero-order valence-corrected chi connectivity index (χ0v) is 14.0. The van der Waals surface area contributed by atoms with Crippen molar-refractivity contribution >= 4 is 22.6 Å². The largest absolute Gasteiger partial charge is 0.477 e. The third kappa shape index (κ3) is 3.39. The number of carboxylic acids is 1. The molecule has 1 aromatic heterocycles. The van der Waals surface area contributed by atoms with Gasteiger partial charge in [0.2, 0.25) is 0 Å². The van der Waals surface area contributed by atoms with Gasteiger partial charge in [0.1, 0.15) is 5.56 Å². The Kier molecular flexibility index (Phi) is 4.68. The topological polar surface area (TPSA) is 126 Å². The first-order valence-corrected chi connectivity index (χ1v) is 7.95. The van der Waals surface area contributed by atoms with Crippen LogP contribution in [0.25, 0.3) is 10.9 Å². The van der Waals surface area contributed by atoms with Crippen LogP contribution in [-0.4, -0.2) is 20.6 Å². The van der Waals surface area contributed by atoms with Crippen molar-refractivity contribution in [3.63, 3.8) is 0 Å². The van der Waals surface area contributed by atoms with Crippen molar-refractivity contribution in [1.82, 2.24) is 4.57 Å². The maximum absolute atomic E-state index is 12.6. The Morgan fingerprint density at radius 3 is 2.52 bits per heavy atom. The second-order valence-corrected chi connectivity index (χ2v) is 5.85. The normalized spacial score (nSPS) is 10.5. The van der Waals surface area contributed by atoms with E-state index >= 15 is 0 Å². The lowest BCUT2D eigenvalue weighted by molar-refractivity contribution is -0.383. The highest BCUT2D eigenvalue weighted by atomic mass is 16.6. The fourth-order valence-electron chi connectivity index (χ4n) is 2.91. The summed E-state index contributed by atoms with van der Waals surface area (Å²) in [6, 6.07) is 14.1. The summed E-state index contributed by atoms with van der Waals surface area (Å²) < 4.78 is 1.24. The molecule has 2 aromatic carbocycles. The monoisotopic (exact) mass is 363 g/mol. The molecule has 0 atom stereocenters. The van der Waals surface area contributed by atoms with Crippen LogP contribution in [0.1, 0.15) is 21.5 Å². The highest BCUT2D eigenvalue weighted by Gasteiger charge is 2.20. The van der Waals surface area contributed by atoms with E-state index < -0.39 is 22.0 Å². The SMILES string of the molecule is N#Cc1ccc(CCn2c(=O)c(C(=O)O)cc3c([N+](=O)[O-])cccc32)cc1. The molecular formula is C19H13N3O5. The highest BCUT2D eigenvalue weighted by Crippen LogP contribution is 2.25. The van der Waals surface area contributed by atoms with Crippen LogP contribution in [0.15, 0.2) is 53.3 Å². The third-order valence-corrected chi connectivity index (χ3v) is 4.25. The zero-order chi connectivity index (χ0) is 19.6. The lowest BCUT2D eigenvalue weighted by Crippen LogP contribution is -2.27. The number of non-ortho nitro benzene ring substituents is 1. The fraction of sp³-hybridized carbons (Fsp3) is 0.105. The number of rotatable bonds is 5. The number of aromatic carboxylic acids is 1. The van der Waals surface area contributed by atoms with Gasteiger partial charge in [-0.2, -0.15) is 5.26 Å². The zero-order valence-electron chi connectivity index (χ0n) is 14.0. The average molecular weight is 363 g/mol. The van der Waals surface area contributed by atoms with Gasteiger partial charge in [0, 0.05) is 12.6 Å². The van der Waals surface area contributed by atoms with Crippen molar-refractivity contribution in [2.45, 2.75) is 13.0 Å². The molecule has 0 spiro atoms. The smallest absolute Gasteiger partial charge is 0.341 e. The van der Waals surface area contributed by atoms with Gasteiger partial charge >= 0.3 is 5.97 Å². The molecule has 0 radical (unpaired) electrons. The van der Waals surface area contributed by atoms with E-state index in [1.54, 1.807) is 30.3 Å². The highest BCUT2D eigenvalue weighted by molar-refractivity contribution is 5.96. The van der Waals surface area contributed by atoms with Crippen LogP contribution in [0.3, 0.4) is 0 Å². The minimum absolute atomic E-state index is 0.0966. The van der Waals surface area contributed by atoms with E-state index in [-0.39, 0.29) is 17.6 Å². The number of nitriles is 1. The summed E-state index contributed by atoms with van der Waals surface area (Å²) >= 11 is 0. The molecule has 0 fully saturated rings. The van der Waals surface area contributed by atoms with Crippen LogP contribution in [0.2, 0.25) is 0 Å². The van der Waals surface area contributed by atoms with Crippen molar-refractivity contribution in [2.24, 2.45) is 0 Å². The summed E-state index contributed by atoms with van der Waals surface area (Å²) in [5.41, 5.74) is 0.154. The summed E-state index contributed by atoms with van der Waals surface area (Å²) in [4.78, 5) is 34.7. The number of aryl methyl sites for hydroxylation is 2. The van der Waals surface area contributed by atoms with Crippen molar-refractivity contribution in [3.8, 4) is 6.07 Å². The lowest BCUT2D eigenvalue weighted by atomic mass is 10.1. The summed E-state index contributed by atoms with van der Waals surface area (Å²) in [5, 5.41) is 29.5. The molecule has 8 nitrogen and oxygen atoms in total. The van der Waals surface area contributed by atoms with Gasteiger partial charge in [-0.15, -0.1) is 0 Å². The number of hydrogen-bond acceptors (Lipinski definition) is 5. The summed E-state index contributed by atoms with van der Waals surface area (Å²) in [5.74, 6) is -1.44. The number of nitrogens with zero attached hydrogens (tertiary/aromatic N) is 3. The molecule has 8 heteroatoms. The molecule has 1 heterocycles. The Balaban J connectivity index is 2.12. The van der Waals surface area contributed by atoms with Crippen LogP contribution in [0.4, 0.5) is 5.69 Å². The molecule has 0 aliphatic carbocycles. The second kappa shape index (κ2) is 7.09. The summed E-state index contributed by atoms with van der Waals surface area (Å²) in [6.07, 6.45) is 0.395. The number of benzene rings is 2. The van der Waals surface area contributed by atoms with Crippen LogP contribution in [0.5, 0.6) is 0 Å². The molecule has 0 aliphatic rings. The maximum atomic E-state index is 12.6.